The maximum absolute atomic E-state index is 12.2. The van der Waals surface area contributed by atoms with Gasteiger partial charge in [0.05, 0.1) is 0 Å². The molecule has 0 aromatic heterocycles. The highest BCUT2D eigenvalue weighted by Crippen LogP contribution is 2.21. The second-order valence-electron chi connectivity index (χ2n) is 5.81. The van der Waals surface area contributed by atoms with Gasteiger partial charge in [-0.05, 0) is 49.2 Å². The van der Waals surface area contributed by atoms with Gasteiger partial charge in [-0.2, -0.15) is 0 Å². The van der Waals surface area contributed by atoms with Crippen molar-refractivity contribution in [2.75, 3.05) is 11.4 Å². The first-order chi connectivity index (χ1) is 11.1. The van der Waals surface area contributed by atoms with E-state index in [4.69, 9.17) is 0 Å². The van der Waals surface area contributed by atoms with Crippen LogP contribution >= 0.6 is 0 Å². The van der Waals surface area contributed by atoms with Gasteiger partial charge >= 0.3 is 0 Å². The van der Waals surface area contributed by atoms with Gasteiger partial charge < -0.3 is 4.90 Å². The summed E-state index contributed by atoms with van der Waals surface area (Å²) in [4.78, 5) is 25.7. The Morgan fingerprint density at radius 1 is 1.13 bits per heavy atom. The summed E-state index contributed by atoms with van der Waals surface area (Å²) in [5.74, 6) is 0.120. The average molecular weight is 305 g/mol. The van der Waals surface area contributed by atoms with E-state index in [1.807, 2.05) is 49.4 Å². The van der Waals surface area contributed by atoms with Crippen LogP contribution in [-0.4, -0.2) is 18.2 Å². The fraction of sp³-hybridized carbons (Fsp3) is 0.200. The van der Waals surface area contributed by atoms with Gasteiger partial charge in [0.1, 0.15) is 0 Å². The van der Waals surface area contributed by atoms with E-state index in [2.05, 4.69) is 0 Å². The second kappa shape index (κ2) is 6.61. The molecule has 1 fully saturated rings. The molecule has 0 saturated carbocycles. The fourth-order valence-corrected chi connectivity index (χ4v) is 2.77. The lowest BCUT2D eigenvalue weighted by atomic mass is 10.1. The molecule has 116 valence electrons. The third-order valence-electron chi connectivity index (χ3n) is 4.01. The molecule has 1 aliphatic heterocycles. The second-order valence-corrected chi connectivity index (χ2v) is 5.81. The van der Waals surface area contributed by atoms with E-state index in [1.54, 1.807) is 23.1 Å². The lowest BCUT2D eigenvalue weighted by Crippen LogP contribution is -2.23. The lowest BCUT2D eigenvalue weighted by molar-refractivity contribution is -0.117. The molecular formula is C20H19NO2. The summed E-state index contributed by atoms with van der Waals surface area (Å²) < 4.78 is 0. The van der Waals surface area contributed by atoms with E-state index in [0.717, 1.165) is 24.2 Å². The highest BCUT2D eigenvalue weighted by molar-refractivity contribution is 6.07. The van der Waals surface area contributed by atoms with Crippen LogP contribution in [0.2, 0.25) is 0 Å². The third kappa shape index (κ3) is 3.57. The van der Waals surface area contributed by atoms with Crippen molar-refractivity contribution in [3.8, 4) is 0 Å². The molecule has 3 rings (SSSR count). The van der Waals surface area contributed by atoms with Crippen LogP contribution in [0, 0.1) is 6.92 Å². The molecule has 2 aromatic rings. The lowest BCUT2D eigenvalue weighted by Gasteiger charge is -2.15. The van der Waals surface area contributed by atoms with Crippen LogP contribution < -0.4 is 4.90 Å². The van der Waals surface area contributed by atoms with Crippen LogP contribution in [0.5, 0.6) is 0 Å². The van der Waals surface area contributed by atoms with Crippen molar-refractivity contribution in [1.29, 1.82) is 0 Å². The van der Waals surface area contributed by atoms with Gasteiger partial charge in [0.25, 0.3) is 0 Å². The Bertz CT molecular complexity index is 759. The summed E-state index contributed by atoms with van der Waals surface area (Å²) in [6.45, 7) is 2.79. The number of aryl methyl sites for hydroxylation is 1. The SMILES string of the molecule is Cc1cccc(/C=C/C(=O)c2ccc(N3CCCC3=O)cc2)c1. The molecule has 1 amide bonds. The van der Waals surface area contributed by atoms with Crippen LogP contribution in [0.4, 0.5) is 5.69 Å². The van der Waals surface area contributed by atoms with E-state index in [9.17, 15) is 9.59 Å². The molecule has 0 atom stereocenters. The molecule has 1 aliphatic rings. The molecule has 0 unspecified atom stereocenters. The zero-order valence-corrected chi connectivity index (χ0v) is 13.2. The van der Waals surface area contributed by atoms with Crippen LogP contribution in [0.15, 0.2) is 54.6 Å². The van der Waals surface area contributed by atoms with Gasteiger partial charge in [0, 0.05) is 24.2 Å². The Morgan fingerprint density at radius 2 is 1.91 bits per heavy atom. The predicted molar refractivity (Wildman–Crippen MR) is 92.6 cm³/mol. The quantitative estimate of drug-likeness (QED) is 0.632. The normalized spacial score (nSPS) is 14.7. The summed E-state index contributed by atoms with van der Waals surface area (Å²) in [6.07, 6.45) is 4.93. The molecule has 0 aliphatic carbocycles. The molecule has 2 aromatic carbocycles. The zero-order valence-electron chi connectivity index (χ0n) is 13.2. The van der Waals surface area contributed by atoms with Gasteiger partial charge in [-0.3, -0.25) is 9.59 Å². The Labute approximate surface area is 136 Å². The molecule has 0 spiro atoms. The van der Waals surface area contributed by atoms with E-state index in [0.29, 0.717) is 12.0 Å². The Morgan fingerprint density at radius 3 is 2.57 bits per heavy atom. The first-order valence-electron chi connectivity index (χ1n) is 7.83. The number of rotatable bonds is 4. The van der Waals surface area contributed by atoms with E-state index in [1.165, 1.54) is 5.56 Å². The maximum Gasteiger partial charge on any atom is 0.227 e. The predicted octanol–water partition coefficient (Wildman–Crippen LogP) is 4.02. The minimum absolute atomic E-state index is 0.0363. The zero-order chi connectivity index (χ0) is 16.2. The average Bonchev–Trinajstić information content (AvgIpc) is 2.99. The minimum Gasteiger partial charge on any atom is -0.312 e. The number of benzene rings is 2. The third-order valence-corrected chi connectivity index (χ3v) is 4.01. The van der Waals surface area contributed by atoms with Gasteiger partial charge in [-0.1, -0.05) is 35.9 Å². The first-order valence-corrected chi connectivity index (χ1v) is 7.83. The number of amides is 1. The monoisotopic (exact) mass is 305 g/mol. The van der Waals surface area contributed by atoms with Crippen molar-refractivity contribution in [3.05, 3.63) is 71.3 Å². The van der Waals surface area contributed by atoms with E-state index < -0.39 is 0 Å². The Balaban J connectivity index is 1.71. The molecule has 0 bridgehead atoms. The van der Waals surface area contributed by atoms with Gasteiger partial charge in [-0.15, -0.1) is 0 Å². The number of hydrogen-bond donors (Lipinski definition) is 0. The summed E-state index contributed by atoms with van der Waals surface area (Å²) in [5, 5.41) is 0. The van der Waals surface area contributed by atoms with E-state index in [-0.39, 0.29) is 11.7 Å². The molecule has 23 heavy (non-hydrogen) atoms. The fourth-order valence-electron chi connectivity index (χ4n) is 2.77. The molecule has 0 radical (unpaired) electrons. The van der Waals surface area contributed by atoms with Crippen molar-refractivity contribution in [2.24, 2.45) is 0 Å². The highest BCUT2D eigenvalue weighted by atomic mass is 16.2. The van der Waals surface area contributed by atoms with Gasteiger partial charge in [0.15, 0.2) is 5.78 Å². The van der Waals surface area contributed by atoms with E-state index >= 15 is 0 Å². The maximum atomic E-state index is 12.2. The molecule has 0 N–H and O–H groups in total. The number of allylic oxidation sites excluding steroid dienone is 1. The highest BCUT2D eigenvalue weighted by Gasteiger charge is 2.21. The smallest absolute Gasteiger partial charge is 0.227 e. The number of anilines is 1. The van der Waals surface area contributed by atoms with Crippen molar-refractivity contribution < 1.29 is 9.59 Å². The standard InChI is InChI=1S/C20H19NO2/c1-15-4-2-5-16(14-15)7-12-19(22)17-8-10-18(11-9-17)21-13-3-6-20(21)23/h2,4-5,7-12,14H,3,6,13H2,1H3/b12-7+. The molecule has 1 heterocycles. The molecule has 1 saturated heterocycles. The number of carbonyl (C=O) groups is 2. The molecule has 3 nitrogen and oxygen atoms in total. The van der Waals surface area contributed by atoms with Crippen molar-refractivity contribution in [3.63, 3.8) is 0 Å². The largest absolute Gasteiger partial charge is 0.312 e. The van der Waals surface area contributed by atoms with Crippen LogP contribution in [0.25, 0.3) is 6.08 Å². The van der Waals surface area contributed by atoms with Crippen molar-refractivity contribution in [1.82, 2.24) is 0 Å². The van der Waals surface area contributed by atoms with Crippen LogP contribution in [0.3, 0.4) is 0 Å². The first kappa shape index (κ1) is 15.2. The Kier molecular flexibility index (Phi) is 4.38. The van der Waals surface area contributed by atoms with Crippen molar-refractivity contribution >= 4 is 23.5 Å². The molecule has 3 heteroatoms. The van der Waals surface area contributed by atoms with Gasteiger partial charge in [-0.25, -0.2) is 0 Å². The minimum atomic E-state index is -0.0363. The van der Waals surface area contributed by atoms with Gasteiger partial charge in [0.2, 0.25) is 5.91 Å². The number of hydrogen-bond acceptors (Lipinski definition) is 2. The topological polar surface area (TPSA) is 37.4 Å². The number of nitrogens with zero attached hydrogens (tertiary/aromatic N) is 1. The Hall–Kier alpha value is -2.68. The van der Waals surface area contributed by atoms with Crippen LogP contribution in [-0.2, 0) is 4.79 Å². The van der Waals surface area contributed by atoms with Crippen LogP contribution in [0.1, 0.15) is 34.3 Å². The summed E-state index contributed by atoms with van der Waals surface area (Å²) in [5.41, 5.74) is 3.67. The summed E-state index contributed by atoms with van der Waals surface area (Å²) in [7, 11) is 0. The van der Waals surface area contributed by atoms with Crippen molar-refractivity contribution in [2.45, 2.75) is 19.8 Å². The molecular weight excluding hydrogens is 286 g/mol. The number of ketones is 1. The number of carbonyl (C=O) groups excluding carboxylic acids is 2. The summed E-state index contributed by atoms with van der Waals surface area (Å²) in [6, 6.07) is 15.3. The summed E-state index contributed by atoms with van der Waals surface area (Å²) >= 11 is 0.